The van der Waals surface area contributed by atoms with Gasteiger partial charge in [-0.05, 0) is 38.9 Å². The number of hydrogen-bond donors (Lipinski definition) is 1. The Hall–Kier alpha value is -1.13. The number of aryl methyl sites for hydroxylation is 1. The van der Waals surface area contributed by atoms with Gasteiger partial charge in [0, 0.05) is 30.9 Å². The van der Waals surface area contributed by atoms with Gasteiger partial charge in [-0.1, -0.05) is 6.07 Å². The molecular weight excluding hydrogens is 214 g/mol. The summed E-state index contributed by atoms with van der Waals surface area (Å²) in [6, 6.07) is 3.82. The Kier molecular flexibility index (Phi) is 3.97. The van der Waals surface area contributed by atoms with Gasteiger partial charge in [-0.3, -0.25) is 4.79 Å². The molecule has 2 N–H and O–H groups in total. The molecule has 2 rings (SSSR count). The van der Waals surface area contributed by atoms with E-state index in [9.17, 15) is 4.79 Å². The van der Waals surface area contributed by atoms with Crippen LogP contribution in [0.3, 0.4) is 0 Å². The predicted molar refractivity (Wildman–Crippen MR) is 69.0 cm³/mol. The molecule has 4 heteroatoms. The predicted octanol–water partition coefficient (Wildman–Crippen LogP) is 0.711. The molecular formula is C13H21N3O. The van der Waals surface area contributed by atoms with Crippen LogP contribution in [0.25, 0.3) is 0 Å². The maximum atomic E-state index is 12.1. The van der Waals surface area contributed by atoms with Crippen LogP contribution < -0.4 is 11.3 Å². The zero-order valence-electron chi connectivity index (χ0n) is 10.5. The smallest absolute Gasteiger partial charge is 0.255 e. The van der Waals surface area contributed by atoms with Crippen molar-refractivity contribution in [1.29, 1.82) is 0 Å². The number of pyridine rings is 1. The van der Waals surface area contributed by atoms with Crippen LogP contribution in [0.4, 0.5) is 0 Å². The van der Waals surface area contributed by atoms with Crippen LogP contribution in [0.2, 0.25) is 0 Å². The van der Waals surface area contributed by atoms with Crippen LogP contribution in [0.1, 0.15) is 24.1 Å². The van der Waals surface area contributed by atoms with E-state index in [1.54, 1.807) is 0 Å². The minimum Gasteiger partial charge on any atom is -0.326 e. The Balaban J connectivity index is 2.11. The summed E-state index contributed by atoms with van der Waals surface area (Å²) in [5, 5.41) is 0. The quantitative estimate of drug-likeness (QED) is 0.836. The largest absolute Gasteiger partial charge is 0.326 e. The lowest BCUT2D eigenvalue weighted by Gasteiger charge is -2.17. The molecule has 1 aliphatic rings. The summed E-state index contributed by atoms with van der Waals surface area (Å²) < 4.78 is 1.85. The Morgan fingerprint density at radius 2 is 1.94 bits per heavy atom. The number of likely N-dealkylation sites (tertiary alicyclic amines) is 1. The molecule has 0 radical (unpaired) electrons. The molecule has 0 aromatic carbocycles. The highest BCUT2D eigenvalue weighted by Crippen LogP contribution is 2.07. The molecule has 4 nitrogen and oxygen atoms in total. The van der Waals surface area contributed by atoms with Gasteiger partial charge in [0.15, 0.2) is 0 Å². The fourth-order valence-corrected chi connectivity index (χ4v) is 2.40. The minimum absolute atomic E-state index is 0.0756. The van der Waals surface area contributed by atoms with E-state index >= 15 is 0 Å². The fourth-order valence-electron chi connectivity index (χ4n) is 2.40. The first-order valence-electron chi connectivity index (χ1n) is 6.34. The van der Waals surface area contributed by atoms with E-state index in [1.165, 1.54) is 25.9 Å². The standard InChI is InChI=1S/C13H21N3O/c1-11-4-5-12(10-14)13(17)16(11)9-8-15-6-2-3-7-15/h4-5H,2-3,6-10,14H2,1H3. The van der Waals surface area contributed by atoms with Crippen molar-refractivity contribution in [3.63, 3.8) is 0 Å². The van der Waals surface area contributed by atoms with E-state index in [2.05, 4.69) is 4.90 Å². The molecule has 0 amide bonds. The number of aromatic nitrogens is 1. The summed E-state index contributed by atoms with van der Waals surface area (Å²) in [6.45, 7) is 6.39. The van der Waals surface area contributed by atoms with Crippen LogP contribution in [0.15, 0.2) is 16.9 Å². The molecule has 94 valence electrons. The Bertz CT molecular complexity index is 433. The van der Waals surface area contributed by atoms with Crippen molar-refractivity contribution in [3.05, 3.63) is 33.7 Å². The molecule has 1 aromatic heterocycles. The van der Waals surface area contributed by atoms with Crippen molar-refractivity contribution in [2.24, 2.45) is 5.73 Å². The van der Waals surface area contributed by atoms with Crippen molar-refractivity contribution < 1.29 is 0 Å². The number of hydrogen-bond acceptors (Lipinski definition) is 3. The summed E-state index contributed by atoms with van der Waals surface area (Å²) in [5.74, 6) is 0. The maximum Gasteiger partial charge on any atom is 0.255 e. The third kappa shape index (κ3) is 2.76. The molecule has 0 spiro atoms. The SMILES string of the molecule is Cc1ccc(CN)c(=O)n1CCN1CCCC1. The molecule has 1 saturated heterocycles. The normalized spacial score (nSPS) is 16.6. The molecule has 17 heavy (non-hydrogen) atoms. The van der Waals surface area contributed by atoms with Gasteiger partial charge in [-0.15, -0.1) is 0 Å². The van der Waals surface area contributed by atoms with Crippen molar-refractivity contribution in [3.8, 4) is 0 Å². The van der Waals surface area contributed by atoms with Gasteiger partial charge < -0.3 is 15.2 Å². The van der Waals surface area contributed by atoms with Gasteiger partial charge in [0.2, 0.25) is 0 Å². The molecule has 0 atom stereocenters. The Morgan fingerprint density at radius 1 is 1.24 bits per heavy atom. The zero-order valence-corrected chi connectivity index (χ0v) is 10.5. The second-order valence-corrected chi connectivity index (χ2v) is 4.71. The number of nitrogens with two attached hydrogens (primary N) is 1. The molecule has 0 unspecified atom stereocenters. The third-order valence-corrected chi connectivity index (χ3v) is 3.53. The Morgan fingerprint density at radius 3 is 2.59 bits per heavy atom. The molecule has 0 aliphatic carbocycles. The molecule has 0 saturated carbocycles. The van der Waals surface area contributed by atoms with Gasteiger partial charge in [-0.2, -0.15) is 0 Å². The van der Waals surface area contributed by atoms with Crippen LogP contribution in [0.5, 0.6) is 0 Å². The molecule has 1 aliphatic heterocycles. The zero-order chi connectivity index (χ0) is 12.3. The Labute approximate surface area is 102 Å². The van der Waals surface area contributed by atoms with E-state index in [1.807, 2.05) is 23.6 Å². The molecule has 1 fully saturated rings. The topological polar surface area (TPSA) is 51.3 Å². The summed E-state index contributed by atoms with van der Waals surface area (Å²) >= 11 is 0. The van der Waals surface area contributed by atoms with E-state index in [4.69, 9.17) is 5.73 Å². The lowest BCUT2D eigenvalue weighted by Crippen LogP contribution is -2.32. The molecule has 1 aromatic rings. The van der Waals surface area contributed by atoms with Crippen LogP contribution in [-0.2, 0) is 13.1 Å². The fraction of sp³-hybridized carbons (Fsp3) is 0.615. The summed E-state index contributed by atoms with van der Waals surface area (Å²) in [6.07, 6.45) is 2.58. The van der Waals surface area contributed by atoms with E-state index in [0.717, 1.165) is 18.8 Å². The van der Waals surface area contributed by atoms with Crippen molar-refractivity contribution in [2.75, 3.05) is 19.6 Å². The van der Waals surface area contributed by atoms with Crippen molar-refractivity contribution >= 4 is 0 Å². The van der Waals surface area contributed by atoms with E-state index in [-0.39, 0.29) is 5.56 Å². The second-order valence-electron chi connectivity index (χ2n) is 4.71. The highest BCUT2D eigenvalue weighted by Gasteiger charge is 2.12. The van der Waals surface area contributed by atoms with Gasteiger partial charge in [0.25, 0.3) is 5.56 Å². The van der Waals surface area contributed by atoms with Crippen molar-refractivity contribution in [1.82, 2.24) is 9.47 Å². The minimum atomic E-state index is 0.0756. The van der Waals surface area contributed by atoms with Crippen LogP contribution >= 0.6 is 0 Å². The maximum absolute atomic E-state index is 12.1. The van der Waals surface area contributed by atoms with Gasteiger partial charge in [-0.25, -0.2) is 0 Å². The van der Waals surface area contributed by atoms with Crippen LogP contribution in [-0.4, -0.2) is 29.1 Å². The van der Waals surface area contributed by atoms with Crippen LogP contribution in [0, 0.1) is 6.92 Å². The van der Waals surface area contributed by atoms with Gasteiger partial charge in [0.05, 0.1) is 0 Å². The van der Waals surface area contributed by atoms with Gasteiger partial charge in [0.1, 0.15) is 0 Å². The molecule has 2 heterocycles. The highest BCUT2D eigenvalue weighted by molar-refractivity contribution is 5.15. The van der Waals surface area contributed by atoms with Gasteiger partial charge >= 0.3 is 0 Å². The van der Waals surface area contributed by atoms with E-state index in [0.29, 0.717) is 12.1 Å². The lowest BCUT2D eigenvalue weighted by atomic mass is 10.2. The third-order valence-electron chi connectivity index (χ3n) is 3.53. The second kappa shape index (κ2) is 5.47. The number of nitrogens with zero attached hydrogens (tertiary/aromatic N) is 2. The summed E-state index contributed by atoms with van der Waals surface area (Å²) in [4.78, 5) is 14.5. The first-order valence-corrected chi connectivity index (χ1v) is 6.34. The molecule has 0 bridgehead atoms. The number of rotatable bonds is 4. The van der Waals surface area contributed by atoms with Crippen molar-refractivity contribution in [2.45, 2.75) is 32.9 Å². The monoisotopic (exact) mass is 235 g/mol. The highest BCUT2D eigenvalue weighted by atomic mass is 16.1. The first-order chi connectivity index (χ1) is 8.22. The lowest BCUT2D eigenvalue weighted by molar-refractivity contribution is 0.319. The summed E-state index contributed by atoms with van der Waals surface area (Å²) in [7, 11) is 0. The average Bonchev–Trinajstić information content (AvgIpc) is 2.82. The first kappa shape index (κ1) is 12.3. The average molecular weight is 235 g/mol. The van der Waals surface area contributed by atoms with E-state index < -0.39 is 0 Å². The summed E-state index contributed by atoms with van der Waals surface area (Å²) in [5.41, 5.74) is 7.37.